The Morgan fingerprint density at radius 2 is 1.92 bits per heavy atom. The fraction of sp³-hybridized carbons (Fsp3) is 0.353. The first-order valence-electron chi connectivity index (χ1n) is 7.76. The summed E-state index contributed by atoms with van der Waals surface area (Å²) < 4.78 is 4.73. The summed E-state index contributed by atoms with van der Waals surface area (Å²) in [4.78, 5) is 24.8. The van der Waals surface area contributed by atoms with Gasteiger partial charge in [-0.3, -0.25) is 0 Å². The number of aromatic nitrogens is 2. The number of methoxy groups -OCH3 is 1. The number of rotatable bonds is 3. The largest absolute Gasteiger partial charge is 0.465 e. The molecule has 1 aliphatic rings. The Balaban J connectivity index is 1.68. The van der Waals surface area contributed by atoms with Gasteiger partial charge in [-0.05, 0) is 25.1 Å². The van der Waals surface area contributed by atoms with Crippen molar-refractivity contribution in [1.29, 1.82) is 0 Å². The van der Waals surface area contributed by atoms with E-state index in [9.17, 15) is 4.79 Å². The number of carbonyl (C=O) groups excluding carboxylic acids is 1. The van der Waals surface area contributed by atoms with E-state index in [1.54, 1.807) is 6.92 Å². The highest BCUT2D eigenvalue weighted by atomic mass is 35.5. The van der Waals surface area contributed by atoms with Crippen molar-refractivity contribution in [1.82, 2.24) is 9.97 Å². The van der Waals surface area contributed by atoms with E-state index in [4.69, 9.17) is 16.3 Å². The number of halogens is 1. The first-order chi connectivity index (χ1) is 11.6. The van der Waals surface area contributed by atoms with Gasteiger partial charge in [0.05, 0.1) is 18.4 Å². The van der Waals surface area contributed by atoms with Crippen molar-refractivity contribution in [2.24, 2.45) is 0 Å². The minimum absolute atomic E-state index is 0.402. The van der Waals surface area contributed by atoms with Crippen LogP contribution >= 0.6 is 11.6 Å². The summed E-state index contributed by atoms with van der Waals surface area (Å²) in [5.74, 6) is 0.232. The lowest BCUT2D eigenvalue weighted by Gasteiger charge is -2.36. The second kappa shape index (κ2) is 7.05. The molecule has 0 N–H and O–H groups in total. The van der Waals surface area contributed by atoms with Gasteiger partial charge in [0.15, 0.2) is 0 Å². The van der Waals surface area contributed by atoms with Crippen LogP contribution < -0.4 is 9.80 Å². The summed E-state index contributed by atoms with van der Waals surface area (Å²) in [7, 11) is 1.35. The van der Waals surface area contributed by atoms with Gasteiger partial charge in [0.2, 0.25) is 5.95 Å². The van der Waals surface area contributed by atoms with Gasteiger partial charge in [0.1, 0.15) is 0 Å². The second-order valence-electron chi connectivity index (χ2n) is 5.61. The lowest BCUT2D eigenvalue weighted by Crippen LogP contribution is -2.47. The predicted octanol–water partition coefficient (Wildman–Crippen LogP) is 2.55. The number of hydrogen-bond donors (Lipinski definition) is 0. The van der Waals surface area contributed by atoms with Crippen molar-refractivity contribution in [2.45, 2.75) is 6.92 Å². The monoisotopic (exact) mass is 346 g/mol. The Labute approximate surface area is 146 Å². The summed E-state index contributed by atoms with van der Waals surface area (Å²) in [5, 5.41) is 0.743. The SMILES string of the molecule is COC(=O)c1cnc(N2CCN(c3cccc(Cl)c3)CC2)nc1C. The first kappa shape index (κ1) is 16.5. The molecule has 0 saturated carbocycles. The number of aryl methyl sites for hydroxylation is 1. The van der Waals surface area contributed by atoms with Crippen LogP contribution in [-0.4, -0.2) is 49.2 Å². The number of benzene rings is 1. The highest BCUT2D eigenvalue weighted by Gasteiger charge is 2.21. The van der Waals surface area contributed by atoms with E-state index in [0.29, 0.717) is 17.2 Å². The summed E-state index contributed by atoms with van der Waals surface area (Å²) in [6, 6.07) is 7.87. The molecule has 3 rings (SSSR count). The second-order valence-corrected chi connectivity index (χ2v) is 6.05. The van der Waals surface area contributed by atoms with Crippen molar-refractivity contribution < 1.29 is 9.53 Å². The third-order valence-electron chi connectivity index (χ3n) is 4.11. The zero-order chi connectivity index (χ0) is 17.1. The topological polar surface area (TPSA) is 58.6 Å². The molecule has 24 heavy (non-hydrogen) atoms. The quantitative estimate of drug-likeness (QED) is 0.796. The molecule has 1 saturated heterocycles. The minimum atomic E-state index is -0.412. The average Bonchev–Trinajstić information content (AvgIpc) is 2.61. The van der Waals surface area contributed by atoms with Crippen LogP contribution in [0.1, 0.15) is 16.1 Å². The van der Waals surface area contributed by atoms with Gasteiger partial charge in [-0.15, -0.1) is 0 Å². The van der Waals surface area contributed by atoms with E-state index in [1.165, 1.54) is 13.3 Å². The first-order valence-corrected chi connectivity index (χ1v) is 8.13. The van der Waals surface area contributed by atoms with Crippen LogP contribution in [0.2, 0.25) is 5.02 Å². The molecule has 1 fully saturated rings. The van der Waals surface area contributed by atoms with E-state index in [2.05, 4.69) is 25.8 Å². The maximum atomic E-state index is 11.6. The molecule has 0 unspecified atom stereocenters. The van der Waals surface area contributed by atoms with Crippen molar-refractivity contribution in [3.8, 4) is 0 Å². The van der Waals surface area contributed by atoms with E-state index in [0.717, 1.165) is 36.9 Å². The highest BCUT2D eigenvalue weighted by molar-refractivity contribution is 6.30. The molecule has 2 aromatic rings. The summed E-state index contributed by atoms with van der Waals surface area (Å²) >= 11 is 6.06. The summed E-state index contributed by atoms with van der Waals surface area (Å²) in [6.07, 6.45) is 1.53. The zero-order valence-electron chi connectivity index (χ0n) is 13.7. The van der Waals surface area contributed by atoms with E-state index in [1.807, 2.05) is 18.2 Å². The van der Waals surface area contributed by atoms with Crippen LogP contribution in [0.5, 0.6) is 0 Å². The molecule has 1 aromatic heterocycles. The van der Waals surface area contributed by atoms with Crippen LogP contribution in [0.3, 0.4) is 0 Å². The molecule has 0 amide bonds. The van der Waals surface area contributed by atoms with Crippen LogP contribution in [0.4, 0.5) is 11.6 Å². The Hall–Kier alpha value is -2.34. The van der Waals surface area contributed by atoms with Crippen LogP contribution in [0.25, 0.3) is 0 Å². The average molecular weight is 347 g/mol. The molecule has 1 aliphatic heterocycles. The van der Waals surface area contributed by atoms with Gasteiger partial charge in [-0.1, -0.05) is 17.7 Å². The van der Waals surface area contributed by atoms with E-state index >= 15 is 0 Å². The summed E-state index contributed by atoms with van der Waals surface area (Å²) in [6.45, 7) is 5.13. The standard InChI is InChI=1S/C17H19ClN4O2/c1-12-15(16(23)24-2)11-19-17(20-12)22-8-6-21(7-9-22)14-5-3-4-13(18)10-14/h3-5,10-11H,6-9H2,1-2H3. The lowest BCUT2D eigenvalue weighted by atomic mass is 10.2. The minimum Gasteiger partial charge on any atom is -0.465 e. The molecule has 6 nitrogen and oxygen atoms in total. The van der Waals surface area contributed by atoms with Crippen molar-refractivity contribution in [3.05, 3.63) is 46.7 Å². The van der Waals surface area contributed by atoms with Gasteiger partial charge in [0, 0.05) is 43.1 Å². The molecule has 0 aliphatic carbocycles. The maximum absolute atomic E-state index is 11.6. The molecule has 2 heterocycles. The predicted molar refractivity (Wildman–Crippen MR) is 94.0 cm³/mol. The molecular formula is C17H19ClN4O2. The Kier molecular flexibility index (Phi) is 4.85. The molecule has 126 valence electrons. The molecular weight excluding hydrogens is 328 g/mol. The summed E-state index contributed by atoms with van der Waals surface area (Å²) in [5.41, 5.74) is 2.16. The Morgan fingerprint density at radius 1 is 1.21 bits per heavy atom. The highest BCUT2D eigenvalue weighted by Crippen LogP contribution is 2.22. The number of nitrogens with zero attached hydrogens (tertiary/aromatic N) is 4. The molecule has 1 aromatic carbocycles. The van der Waals surface area contributed by atoms with Crippen LogP contribution in [-0.2, 0) is 4.74 Å². The van der Waals surface area contributed by atoms with Gasteiger partial charge >= 0.3 is 5.97 Å². The normalized spacial score (nSPS) is 14.6. The van der Waals surface area contributed by atoms with Crippen molar-refractivity contribution >= 4 is 29.2 Å². The Bertz CT molecular complexity index is 745. The lowest BCUT2D eigenvalue weighted by molar-refractivity contribution is 0.0599. The van der Waals surface area contributed by atoms with E-state index in [-0.39, 0.29) is 0 Å². The number of esters is 1. The third-order valence-corrected chi connectivity index (χ3v) is 4.34. The number of carbonyl (C=O) groups is 1. The van der Waals surface area contributed by atoms with Gasteiger partial charge in [-0.25, -0.2) is 14.8 Å². The molecule has 0 atom stereocenters. The number of hydrogen-bond acceptors (Lipinski definition) is 6. The van der Waals surface area contributed by atoms with Crippen molar-refractivity contribution in [2.75, 3.05) is 43.1 Å². The number of anilines is 2. The molecule has 7 heteroatoms. The maximum Gasteiger partial charge on any atom is 0.341 e. The van der Waals surface area contributed by atoms with Crippen molar-refractivity contribution in [3.63, 3.8) is 0 Å². The van der Waals surface area contributed by atoms with Gasteiger partial charge < -0.3 is 14.5 Å². The van der Waals surface area contributed by atoms with Gasteiger partial charge in [-0.2, -0.15) is 0 Å². The number of piperazine rings is 1. The van der Waals surface area contributed by atoms with Crippen LogP contribution in [0, 0.1) is 6.92 Å². The molecule has 0 radical (unpaired) electrons. The zero-order valence-corrected chi connectivity index (χ0v) is 14.5. The fourth-order valence-electron chi connectivity index (χ4n) is 2.75. The van der Waals surface area contributed by atoms with Crippen LogP contribution in [0.15, 0.2) is 30.5 Å². The van der Waals surface area contributed by atoms with Gasteiger partial charge in [0.25, 0.3) is 0 Å². The smallest absolute Gasteiger partial charge is 0.341 e. The number of ether oxygens (including phenoxy) is 1. The molecule has 0 spiro atoms. The van der Waals surface area contributed by atoms with E-state index < -0.39 is 5.97 Å². The Morgan fingerprint density at radius 3 is 2.54 bits per heavy atom. The fourth-order valence-corrected chi connectivity index (χ4v) is 2.94. The third kappa shape index (κ3) is 3.43. The molecule has 0 bridgehead atoms.